The van der Waals surface area contributed by atoms with E-state index in [1.165, 1.54) is 0 Å². The molecule has 0 saturated heterocycles. The molecule has 0 rings (SSSR count). The first kappa shape index (κ1) is 16.4. The summed E-state index contributed by atoms with van der Waals surface area (Å²) in [4.78, 5) is 10.5. The highest BCUT2D eigenvalue weighted by Crippen LogP contribution is 2.00. The number of aliphatic hydroxyl groups excluding tert-OH is 6. The van der Waals surface area contributed by atoms with Crippen molar-refractivity contribution in [3.05, 3.63) is 12.8 Å². The minimum absolute atomic E-state index is 0.750. The van der Waals surface area contributed by atoms with E-state index in [-0.39, 0.29) is 0 Å². The van der Waals surface area contributed by atoms with Gasteiger partial charge in [0.1, 0.15) is 24.9 Å². The molecule has 0 amide bonds. The van der Waals surface area contributed by atoms with Gasteiger partial charge in [0, 0.05) is 0 Å². The van der Waals surface area contributed by atoms with E-state index in [1.54, 1.807) is 0 Å². The number of carbonyl (C=O) groups is 1. The molecule has 3 atom stereocenters. The Hall–Kier alpha value is -0.990. The van der Waals surface area contributed by atoms with E-state index in [9.17, 15) is 4.79 Å². The number of carbonyl (C=O) groups excluding carboxylic acids is 1. The Labute approximate surface area is 86.5 Å². The molecule has 0 heterocycles. The Morgan fingerprint density at radius 1 is 1.27 bits per heavy atom. The third-order valence-corrected chi connectivity index (χ3v) is 1.39. The molecule has 15 heavy (non-hydrogen) atoms. The van der Waals surface area contributed by atoms with Gasteiger partial charge in [0.25, 0.3) is 0 Å². The van der Waals surface area contributed by atoms with Crippen LogP contribution in [-0.2, 0) is 4.79 Å². The topological polar surface area (TPSA) is 138 Å². The van der Waals surface area contributed by atoms with E-state index in [1.807, 2.05) is 0 Å². The molecule has 7 heteroatoms. The lowest BCUT2D eigenvalue weighted by molar-refractivity contribution is -0.142. The fourth-order valence-corrected chi connectivity index (χ4v) is 0.602. The predicted molar refractivity (Wildman–Crippen MR) is 50.0 cm³/mol. The Morgan fingerprint density at radius 3 is 1.93 bits per heavy atom. The van der Waals surface area contributed by atoms with Gasteiger partial charge in [0.15, 0.2) is 5.78 Å². The molecule has 0 bridgehead atoms. The summed E-state index contributed by atoms with van der Waals surface area (Å²) in [5.41, 5.74) is 0. The summed E-state index contributed by atoms with van der Waals surface area (Å²) in [6.07, 6.45) is -4.47. The molecule has 0 aromatic carbocycles. The Morgan fingerprint density at radius 2 is 1.67 bits per heavy atom. The van der Waals surface area contributed by atoms with Crippen LogP contribution in [0.4, 0.5) is 0 Å². The molecule has 0 unspecified atom stereocenters. The highest BCUT2D eigenvalue weighted by molar-refractivity contribution is 5.84. The molecule has 0 fully saturated rings. The largest absolute Gasteiger partial charge is 0.516 e. The van der Waals surface area contributed by atoms with Crippen molar-refractivity contribution in [2.45, 2.75) is 18.3 Å². The van der Waals surface area contributed by atoms with Crippen molar-refractivity contribution >= 4 is 5.78 Å². The average molecular weight is 224 g/mol. The van der Waals surface area contributed by atoms with Crippen LogP contribution in [0.3, 0.4) is 0 Å². The van der Waals surface area contributed by atoms with E-state index in [4.69, 9.17) is 30.6 Å². The molecule has 0 radical (unpaired) electrons. The first-order valence-corrected chi connectivity index (χ1v) is 3.99. The van der Waals surface area contributed by atoms with Crippen LogP contribution in [0, 0.1) is 0 Å². The quantitative estimate of drug-likeness (QED) is 0.279. The summed E-state index contributed by atoms with van der Waals surface area (Å²) < 4.78 is 0. The fraction of sp³-hybridized carbons (Fsp3) is 0.625. The molecule has 0 aliphatic heterocycles. The number of rotatable bonds is 5. The summed E-state index contributed by atoms with van der Waals surface area (Å²) in [5.74, 6) is -1.00. The SMILES string of the molecule is C=CO.O=C(CO)[C@H](O)[C@@H](O)[C@H](O)CO. The molecule has 0 aliphatic rings. The number of ketones is 1. The molecule has 0 aromatic rings. The maximum absolute atomic E-state index is 10.5. The maximum atomic E-state index is 10.5. The van der Waals surface area contributed by atoms with Gasteiger partial charge in [-0.2, -0.15) is 0 Å². The van der Waals surface area contributed by atoms with Crippen molar-refractivity contribution in [2.24, 2.45) is 0 Å². The van der Waals surface area contributed by atoms with Crippen LogP contribution in [0.1, 0.15) is 0 Å². The van der Waals surface area contributed by atoms with E-state index in [0.29, 0.717) is 0 Å². The fourth-order valence-electron chi connectivity index (χ4n) is 0.602. The number of aliphatic hydroxyl groups is 6. The molecule has 6 N–H and O–H groups in total. The lowest BCUT2D eigenvalue weighted by Gasteiger charge is -2.19. The van der Waals surface area contributed by atoms with E-state index in [2.05, 4.69) is 6.58 Å². The second-order valence-corrected chi connectivity index (χ2v) is 2.49. The van der Waals surface area contributed by atoms with Gasteiger partial charge in [-0.1, -0.05) is 6.58 Å². The third-order valence-electron chi connectivity index (χ3n) is 1.39. The van der Waals surface area contributed by atoms with Crippen LogP contribution < -0.4 is 0 Å². The number of hydrogen-bond donors (Lipinski definition) is 6. The zero-order valence-electron chi connectivity index (χ0n) is 8.02. The first-order valence-electron chi connectivity index (χ1n) is 3.99. The Kier molecular flexibility index (Phi) is 10.5. The van der Waals surface area contributed by atoms with Crippen LogP contribution in [0.2, 0.25) is 0 Å². The van der Waals surface area contributed by atoms with Crippen LogP contribution in [0.25, 0.3) is 0 Å². The van der Waals surface area contributed by atoms with Gasteiger partial charge in [-0.05, 0) is 0 Å². The Bertz CT molecular complexity index is 182. The van der Waals surface area contributed by atoms with Crippen molar-refractivity contribution in [3.63, 3.8) is 0 Å². The minimum Gasteiger partial charge on any atom is -0.516 e. The van der Waals surface area contributed by atoms with Crippen molar-refractivity contribution in [1.29, 1.82) is 0 Å². The van der Waals surface area contributed by atoms with Crippen molar-refractivity contribution < 1.29 is 35.4 Å². The smallest absolute Gasteiger partial charge is 0.189 e. The van der Waals surface area contributed by atoms with Crippen LogP contribution in [-0.4, -0.2) is 67.9 Å². The molecule has 0 aromatic heterocycles. The first-order chi connectivity index (χ1) is 6.95. The van der Waals surface area contributed by atoms with Crippen molar-refractivity contribution in [2.75, 3.05) is 13.2 Å². The predicted octanol–water partition coefficient (Wildman–Crippen LogP) is -2.69. The second-order valence-electron chi connectivity index (χ2n) is 2.49. The molecular formula is C8H16O7. The molecule has 0 aliphatic carbocycles. The zero-order chi connectivity index (χ0) is 12.4. The van der Waals surface area contributed by atoms with E-state index >= 15 is 0 Å². The van der Waals surface area contributed by atoms with Crippen LogP contribution in [0.5, 0.6) is 0 Å². The van der Waals surface area contributed by atoms with Gasteiger partial charge in [0.05, 0.1) is 12.9 Å². The monoisotopic (exact) mass is 224 g/mol. The summed E-state index contributed by atoms with van der Waals surface area (Å²) in [6.45, 7) is 1.23. The van der Waals surface area contributed by atoms with Crippen molar-refractivity contribution in [1.82, 2.24) is 0 Å². The standard InChI is InChI=1S/C6H12O6.C2H4O/c7-1-3(9)5(11)6(12)4(10)2-8;1-2-3/h3,5-9,11-12H,1-2H2;2-3H,1H2/t3-,5+,6+;/m1./s1. The molecular weight excluding hydrogens is 208 g/mol. The van der Waals surface area contributed by atoms with Gasteiger partial charge in [-0.15, -0.1) is 0 Å². The van der Waals surface area contributed by atoms with Gasteiger partial charge in [-0.25, -0.2) is 0 Å². The number of hydrogen-bond acceptors (Lipinski definition) is 7. The third kappa shape index (κ3) is 7.00. The maximum Gasteiger partial charge on any atom is 0.189 e. The summed E-state index contributed by atoms with van der Waals surface area (Å²) >= 11 is 0. The van der Waals surface area contributed by atoms with E-state index < -0.39 is 37.3 Å². The molecule has 0 spiro atoms. The Balaban J connectivity index is 0. The van der Waals surface area contributed by atoms with E-state index in [0.717, 1.165) is 6.26 Å². The highest BCUT2D eigenvalue weighted by atomic mass is 16.4. The normalized spacial score (nSPS) is 15.5. The number of Topliss-reactive ketones (excluding diaryl/α,β-unsaturated/α-hetero) is 1. The second kappa shape index (κ2) is 9.56. The molecule has 7 nitrogen and oxygen atoms in total. The van der Waals surface area contributed by atoms with Crippen molar-refractivity contribution in [3.8, 4) is 0 Å². The molecule has 0 saturated carbocycles. The van der Waals surface area contributed by atoms with Crippen LogP contribution >= 0.6 is 0 Å². The summed E-state index contributed by atoms with van der Waals surface area (Å²) in [7, 11) is 0. The summed E-state index contributed by atoms with van der Waals surface area (Å²) in [5, 5.41) is 50.4. The van der Waals surface area contributed by atoms with Gasteiger partial charge < -0.3 is 30.6 Å². The molecule has 90 valence electrons. The zero-order valence-corrected chi connectivity index (χ0v) is 8.02. The average Bonchev–Trinajstić information content (AvgIpc) is 2.25. The summed E-state index contributed by atoms with van der Waals surface area (Å²) in [6, 6.07) is 0. The van der Waals surface area contributed by atoms with Crippen LogP contribution in [0.15, 0.2) is 12.8 Å². The van der Waals surface area contributed by atoms with Gasteiger partial charge in [0.2, 0.25) is 0 Å². The van der Waals surface area contributed by atoms with Gasteiger partial charge in [-0.3, -0.25) is 4.79 Å². The lowest BCUT2D eigenvalue weighted by Crippen LogP contribution is -2.44. The lowest BCUT2D eigenvalue weighted by atomic mass is 10.1. The highest BCUT2D eigenvalue weighted by Gasteiger charge is 2.28. The van der Waals surface area contributed by atoms with Gasteiger partial charge >= 0.3 is 0 Å². The minimum atomic E-state index is -1.86.